The monoisotopic (exact) mass is 396 g/mol. The van der Waals surface area contributed by atoms with Gasteiger partial charge in [-0.3, -0.25) is 4.98 Å². The van der Waals surface area contributed by atoms with E-state index in [9.17, 15) is 8.42 Å². The Morgan fingerprint density at radius 3 is 2.62 bits per heavy atom. The molecule has 0 bridgehead atoms. The number of sulfone groups is 1. The number of pyridine rings is 1. The van der Waals surface area contributed by atoms with E-state index in [-0.39, 0.29) is 16.2 Å². The molecular weight excluding hydrogens is 376 g/mol. The van der Waals surface area contributed by atoms with Crippen molar-refractivity contribution in [2.24, 2.45) is 0 Å². The lowest BCUT2D eigenvalue weighted by molar-refractivity contribution is 0.0985. The highest BCUT2D eigenvalue weighted by Crippen LogP contribution is 2.35. The second-order valence-corrected chi connectivity index (χ2v) is 9.53. The maximum Gasteiger partial charge on any atom is 0.224 e. The summed E-state index contributed by atoms with van der Waals surface area (Å²) >= 11 is 6.13. The number of anilines is 1. The summed E-state index contributed by atoms with van der Waals surface area (Å²) in [5.41, 5.74) is 0.350. The number of aromatic nitrogens is 3. The highest BCUT2D eigenvalue weighted by molar-refractivity contribution is 7.92. The molecule has 2 aromatic heterocycles. The van der Waals surface area contributed by atoms with E-state index in [1.807, 2.05) is 6.92 Å². The first kappa shape index (κ1) is 19.0. The summed E-state index contributed by atoms with van der Waals surface area (Å²) < 4.78 is 30.5. The highest BCUT2D eigenvalue weighted by atomic mass is 35.5. The van der Waals surface area contributed by atoms with Crippen LogP contribution in [0.25, 0.3) is 0 Å². The zero-order valence-electron chi connectivity index (χ0n) is 14.9. The van der Waals surface area contributed by atoms with Crippen LogP contribution in [0.15, 0.2) is 35.5 Å². The van der Waals surface area contributed by atoms with Gasteiger partial charge in [0.2, 0.25) is 5.28 Å². The maximum absolute atomic E-state index is 13.2. The summed E-state index contributed by atoms with van der Waals surface area (Å²) in [4.78, 5) is 14.6. The van der Waals surface area contributed by atoms with Gasteiger partial charge in [-0.1, -0.05) is 0 Å². The standard InChI is InChI=1S/C17H21ClN4O3S/c1-12-11-25-9-8-22(12)15-10-14(20-16(18)21-15)17(2,3)26(23,24)13-4-6-19-7-5-13/h4-7,10,12H,8-9,11H2,1-3H3/t12-/m0/s1. The van der Waals surface area contributed by atoms with E-state index in [2.05, 4.69) is 19.9 Å². The quantitative estimate of drug-likeness (QED) is 0.733. The first-order chi connectivity index (χ1) is 12.2. The summed E-state index contributed by atoms with van der Waals surface area (Å²) in [5.74, 6) is 0.605. The van der Waals surface area contributed by atoms with Crippen LogP contribution in [0.5, 0.6) is 0 Å². The average Bonchev–Trinajstić information content (AvgIpc) is 2.62. The number of halogens is 1. The number of ether oxygens (including phenoxy) is 1. The molecule has 1 atom stereocenters. The van der Waals surface area contributed by atoms with Gasteiger partial charge in [0.25, 0.3) is 0 Å². The van der Waals surface area contributed by atoms with Gasteiger partial charge >= 0.3 is 0 Å². The lowest BCUT2D eigenvalue weighted by Crippen LogP contribution is -2.44. The maximum atomic E-state index is 13.2. The molecule has 9 heteroatoms. The minimum atomic E-state index is -3.70. The summed E-state index contributed by atoms with van der Waals surface area (Å²) in [7, 11) is -3.70. The van der Waals surface area contributed by atoms with E-state index >= 15 is 0 Å². The SMILES string of the molecule is C[C@H]1COCCN1c1cc(C(C)(C)S(=O)(=O)c2ccncc2)nc(Cl)n1. The molecule has 1 fully saturated rings. The summed E-state index contributed by atoms with van der Waals surface area (Å²) in [6, 6.07) is 4.77. The summed E-state index contributed by atoms with van der Waals surface area (Å²) in [5, 5.41) is 0.0224. The fraction of sp³-hybridized carbons (Fsp3) is 0.471. The molecule has 0 radical (unpaired) electrons. The van der Waals surface area contributed by atoms with E-state index in [0.29, 0.717) is 31.3 Å². The van der Waals surface area contributed by atoms with Crippen LogP contribution < -0.4 is 4.90 Å². The smallest absolute Gasteiger partial charge is 0.224 e. The van der Waals surface area contributed by atoms with Gasteiger partial charge in [-0.25, -0.2) is 18.4 Å². The van der Waals surface area contributed by atoms with E-state index in [1.54, 1.807) is 19.9 Å². The molecule has 0 saturated carbocycles. The molecule has 3 heterocycles. The predicted molar refractivity (Wildman–Crippen MR) is 99.1 cm³/mol. The van der Waals surface area contributed by atoms with Crippen LogP contribution in [0.1, 0.15) is 26.5 Å². The Morgan fingerprint density at radius 2 is 1.96 bits per heavy atom. The van der Waals surface area contributed by atoms with Crippen molar-refractivity contribution < 1.29 is 13.2 Å². The Labute approximate surface area is 158 Å². The first-order valence-corrected chi connectivity index (χ1v) is 10.1. The molecule has 0 N–H and O–H groups in total. The molecule has 26 heavy (non-hydrogen) atoms. The molecule has 7 nitrogen and oxygen atoms in total. The Morgan fingerprint density at radius 1 is 1.27 bits per heavy atom. The second-order valence-electron chi connectivity index (χ2n) is 6.69. The van der Waals surface area contributed by atoms with Gasteiger partial charge in [0.1, 0.15) is 10.6 Å². The molecule has 0 aliphatic carbocycles. The Kier molecular flexibility index (Phi) is 5.18. The van der Waals surface area contributed by atoms with Gasteiger partial charge < -0.3 is 9.64 Å². The second kappa shape index (κ2) is 7.09. The largest absolute Gasteiger partial charge is 0.377 e. The average molecular weight is 397 g/mol. The van der Waals surface area contributed by atoms with E-state index in [4.69, 9.17) is 16.3 Å². The topological polar surface area (TPSA) is 85.3 Å². The lowest BCUT2D eigenvalue weighted by Gasteiger charge is -2.35. The van der Waals surface area contributed by atoms with Crippen LogP contribution >= 0.6 is 11.6 Å². The Hall–Kier alpha value is -1.77. The van der Waals surface area contributed by atoms with E-state index in [1.165, 1.54) is 24.5 Å². The third-order valence-electron chi connectivity index (χ3n) is 4.60. The third-order valence-corrected chi connectivity index (χ3v) is 7.21. The third kappa shape index (κ3) is 3.41. The van der Waals surface area contributed by atoms with Crippen molar-refractivity contribution in [3.8, 4) is 0 Å². The molecule has 2 aromatic rings. The molecule has 3 rings (SSSR count). The van der Waals surface area contributed by atoms with Crippen molar-refractivity contribution in [2.75, 3.05) is 24.7 Å². The molecule has 140 valence electrons. The van der Waals surface area contributed by atoms with Crippen LogP contribution in [-0.2, 0) is 19.3 Å². The summed E-state index contributed by atoms with van der Waals surface area (Å²) in [6.07, 6.45) is 2.91. The summed E-state index contributed by atoms with van der Waals surface area (Å²) in [6.45, 7) is 7.08. The van der Waals surface area contributed by atoms with Crippen LogP contribution in [0, 0.1) is 0 Å². The van der Waals surface area contributed by atoms with E-state index in [0.717, 1.165) is 0 Å². The van der Waals surface area contributed by atoms with Crippen molar-refractivity contribution in [1.29, 1.82) is 0 Å². The highest BCUT2D eigenvalue weighted by Gasteiger charge is 2.40. The van der Waals surface area contributed by atoms with Gasteiger partial charge in [0.15, 0.2) is 9.84 Å². The minimum Gasteiger partial charge on any atom is -0.377 e. The van der Waals surface area contributed by atoms with Gasteiger partial charge in [-0.05, 0) is 44.5 Å². The van der Waals surface area contributed by atoms with Gasteiger partial charge in [-0.2, -0.15) is 0 Å². The number of hydrogen-bond donors (Lipinski definition) is 0. The number of rotatable bonds is 4. The van der Waals surface area contributed by atoms with Crippen molar-refractivity contribution in [2.45, 2.75) is 36.5 Å². The van der Waals surface area contributed by atoms with Crippen molar-refractivity contribution in [3.05, 3.63) is 41.6 Å². The zero-order chi connectivity index (χ0) is 18.9. The molecule has 0 spiro atoms. The molecule has 1 saturated heterocycles. The minimum absolute atomic E-state index is 0.0224. The van der Waals surface area contributed by atoms with Crippen LogP contribution in [-0.4, -0.2) is 49.2 Å². The van der Waals surface area contributed by atoms with Gasteiger partial charge in [0, 0.05) is 25.0 Å². The number of nitrogens with zero attached hydrogens (tertiary/aromatic N) is 4. The molecule has 0 amide bonds. The van der Waals surface area contributed by atoms with Crippen LogP contribution in [0.3, 0.4) is 0 Å². The fourth-order valence-electron chi connectivity index (χ4n) is 2.88. The lowest BCUT2D eigenvalue weighted by atomic mass is 10.1. The first-order valence-electron chi connectivity index (χ1n) is 8.27. The van der Waals surface area contributed by atoms with E-state index < -0.39 is 14.6 Å². The predicted octanol–water partition coefficient (Wildman–Crippen LogP) is 2.46. The van der Waals surface area contributed by atoms with Crippen molar-refractivity contribution >= 4 is 27.3 Å². The van der Waals surface area contributed by atoms with Crippen molar-refractivity contribution in [3.63, 3.8) is 0 Å². The Bertz CT molecular complexity index is 890. The van der Waals surface area contributed by atoms with Crippen LogP contribution in [0.4, 0.5) is 5.82 Å². The fourth-order valence-corrected chi connectivity index (χ4v) is 4.51. The number of morpholine rings is 1. The molecule has 1 aliphatic rings. The Balaban J connectivity index is 2.05. The molecule has 1 aliphatic heterocycles. The zero-order valence-corrected chi connectivity index (χ0v) is 16.5. The van der Waals surface area contributed by atoms with Crippen LogP contribution in [0.2, 0.25) is 5.28 Å². The molecule has 0 aromatic carbocycles. The normalized spacial score (nSPS) is 18.8. The van der Waals surface area contributed by atoms with Gasteiger partial charge in [-0.15, -0.1) is 0 Å². The van der Waals surface area contributed by atoms with Gasteiger partial charge in [0.05, 0.1) is 29.8 Å². The van der Waals surface area contributed by atoms with Crippen molar-refractivity contribution in [1.82, 2.24) is 15.0 Å². The molecular formula is C17H21ClN4O3S. The molecule has 0 unspecified atom stereocenters. The number of hydrogen-bond acceptors (Lipinski definition) is 7.